The summed E-state index contributed by atoms with van der Waals surface area (Å²) in [4.78, 5) is 65.2. The molecule has 0 fully saturated rings. The van der Waals surface area contributed by atoms with Gasteiger partial charge in [0.25, 0.3) is 0 Å². The molecule has 1 aromatic carbocycles. The highest BCUT2D eigenvalue weighted by molar-refractivity contribution is 5.94. The van der Waals surface area contributed by atoms with Gasteiger partial charge in [-0.1, -0.05) is 32.0 Å². The standard InChI is InChI=1S/C27H40N6O7/c1-15(2)23(29)26(38)32-20(10-11-22(34)35)25(37)31-19(9-5-6-12-28)24(36)33-21(27(39)40)13-16-14-30-18-8-4-3-7-17(16)18/h3-4,7-8,14-15,19-21,23,30H,5-6,9-13,28-29H2,1-2H3,(H,31,37)(H,32,38)(H,33,36)(H,34,35)(H,39,40). The van der Waals surface area contributed by atoms with Gasteiger partial charge in [-0.2, -0.15) is 0 Å². The summed E-state index contributed by atoms with van der Waals surface area (Å²) in [5.74, 6) is -4.78. The van der Waals surface area contributed by atoms with Crippen LogP contribution in [0.15, 0.2) is 30.5 Å². The first-order valence-corrected chi connectivity index (χ1v) is 13.3. The molecule has 0 spiro atoms. The molecule has 0 aliphatic rings. The molecular weight excluding hydrogens is 520 g/mol. The van der Waals surface area contributed by atoms with Gasteiger partial charge in [-0.05, 0) is 49.8 Å². The van der Waals surface area contributed by atoms with E-state index in [1.54, 1.807) is 20.0 Å². The number of H-pyrrole nitrogens is 1. The van der Waals surface area contributed by atoms with Crippen molar-refractivity contribution in [1.29, 1.82) is 0 Å². The monoisotopic (exact) mass is 560 g/mol. The molecule has 0 saturated heterocycles. The number of benzene rings is 1. The number of para-hydroxylation sites is 1. The molecular formula is C27H40N6O7. The van der Waals surface area contributed by atoms with Crippen LogP contribution in [0.2, 0.25) is 0 Å². The van der Waals surface area contributed by atoms with Gasteiger partial charge < -0.3 is 42.6 Å². The van der Waals surface area contributed by atoms with Crippen LogP contribution in [0.5, 0.6) is 0 Å². The summed E-state index contributed by atoms with van der Waals surface area (Å²) in [5, 5.41) is 27.3. The summed E-state index contributed by atoms with van der Waals surface area (Å²) in [7, 11) is 0. The van der Waals surface area contributed by atoms with Crippen molar-refractivity contribution >= 4 is 40.6 Å². The number of amides is 3. The third kappa shape index (κ3) is 9.65. The maximum atomic E-state index is 13.3. The number of nitrogens with one attached hydrogen (secondary N) is 4. The van der Waals surface area contributed by atoms with Crippen molar-refractivity contribution in [1.82, 2.24) is 20.9 Å². The van der Waals surface area contributed by atoms with Crippen LogP contribution < -0.4 is 27.4 Å². The van der Waals surface area contributed by atoms with E-state index in [4.69, 9.17) is 16.6 Å². The smallest absolute Gasteiger partial charge is 0.326 e. The fourth-order valence-electron chi connectivity index (χ4n) is 4.13. The summed E-state index contributed by atoms with van der Waals surface area (Å²) in [6.45, 7) is 3.80. The number of rotatable bonds is 17. The van der Waals surface area contributed by atoms with Crippen LogP contribution >= 0.6 is 0 Å². The number of hydrogen-bond acceptors (Lipinski definition) is 7. The molecule has 0 bridgehead atoms. The molecule has 0 radical (unpaired) electrons. The van der Waals surface area contributed by atoms with Crippen molar-refractivity contribution in [3.05, 3.63) is 36.0 Å². The molecule has 0 saturated carbocycles. The number of aromatic nitrogens is 1. The minimum Gasteiger partial charge on any atom is -0.481 e. The quantitative estimate of drug-likeness (QED) is 0.124. The topological polar surface area (TPSA) is 230 Å². The molecule has 1 aromatic heterocycles. The number of carbonyl (C=O) groups excluding carboxylic acids is 3. The molecule has 4 atom stereocenters. The molecule has 2 aromatic rings. The number of carboxylic acid groups (broad SMARTS) is 2. The van der Waals surface area contributed by atoms with E-state index in [1.165, 1.54) is 0 Å². The van der Waals surface area contributed by atoms with Gasteiger partial charge in [-0.15, -0.1) is 0 Å². The molecule has 3 amide bonds. The molecule has 40 heavy (non-hydrogen) atoms. The van der Waals surface area contributed by atoms with E-state index in [0.717, 1.165) is 10.9 Å². The Hall–Kier alpha value is -3.97. The van der Waals surface area contributed by atoms with Crippen LogP contribution in [0.1, 0.15) is 51.5 Å². The first kappa shape index (κ1) is 32.2. The fraction of sp³-hybridized carbons (Fsp3) is 0.519. The molecule has 2 rings (SSSR count). The van der Waals surface area contributed by atoms with Gasteiger partial charge in [0.15, 0.2) is 0 Å². The van der Waals surface area contributed by atoms with E-state index in [9.17, 15) is 29.1 Å². The average Bonchev–Trinajstić information content (AvgIpc) is 3.31. The van der Waals surface area contributed by atoms with E-state index in [1.807, 2.05) is 24.3 Å². The number of carbonyl (C=O) groups is 5. The highest BCUT2D eigenvalue weighted by Crippen LogP contribution is 2.19. The number of carboxylic acids is 2. The predicted octanol–water partition coefficient (Wildman–Crippen LogP) is 0.227. The molecule has 0 aliphatic heterocycles. The number of hydrogen-bond donors (Lipinski definition) is 8. The largest absolute Gasteiger partial charge is 0.481 e. The molecule has 13 nitrogen and oxygen atoms in total. The zero-order chi connectivity index (χ0) is 29.8. The van der Waals surface area contributed by atoms with Gasteiger partial charge in [0.2, 0.25) is 17.7 Å². The average molecular weight is 561 g/mol. The first-order chi connectivity index (χ1) is 18.9. The SMILES string of the molecule is CC(C)C(N)C(=O)NC(CCC(=O)O)C(=O)NC(CCCCN)C(=O)NC(Cc1c[nH]c2ccccc12)C(=O)O. The molecule has 13 heteroatoms. The van der Waals surface area contributed by atoms with Crippen molar-refractivity contribution in [3.63, 3.8) is 0 Å². The Labute approximate surface area is 232 Å². The molecule has 10 N–H and O–H groups in total. The summed E-state index contributed by atoms with van der Waals surface area (Å²) in [6, 6.07) is 2.74. The van der Waals surface area contributed by atoms with Crippen LogP contribution in [0.3, 0.4) is 0 Å². The highest BCUT2D eigenvalue weighted by Gasteiger charge is 2.31. The van der Waals surface area contributed by atoms with E-state index < -0.39 is 60.2 Å². The van der Waals surface area contributed by atoms with Crippen LogP contribution in [0, 0.1) is 5.92 Å². The Morgan fingerprint density at radius 2 is 1.48 bits per heavy atom. The van der Waals surface area contributed by atoms with Gasteiger partial charge in [-0.3, -0.25) is 19.2 Å². The predicted molar refractivity (Wildman–Crippen MR) is 148 cm³/mol. The maximum absolute atomic E-state index is 13.3. The number of unbranched alkanes of at least 4 members (excludes halogenated alkanes) is 1. The van der Waals surface area contributed by atoms with Crippen molar-refractivity contribution < 1.29 is 34.2 Å². The van der Waals surface area contributed by atoms with Gasteiger partial charge in [-0.25, -0.2) is 4.79 Å². The minimum atomic E-state index is -1.29. The lowest BCUT2D eigenvalue weighted by atomic mass is 10.0. The van der Waals surface area contributed by atoms with Gasteiger partial charge >= 0.3 is 11.9 Å². The Morgan fingerprint density at radius 1 is 0.875 bits per heavy atom. The van der Waals surface area contributed by atoms with Crippen LogP contribution in [0.25, 0.3) is 10.9 Å². The van der Waals surface area contributed by atoms with Crippen molar-refractivity contribution in [2.45, 2.75) is 76.5 Å². The summed E-state index contributed by atoms with van der Waals surface area (Å²) >= 11 is 0. The third-order valence-corrected chi connectivity index (χ3v) is 6.59. The van der Waals surface area contributed by atoms with Crippen LogP contribution in [-0.2, 0) is 30.4 Å². The second kappa shape index (κ2) is 15.6. The van der Waals surface area contributed by atoms with Crippen LogP contribution in [-0.4, -0.2) is 75.6 Å². The zero-order valence-electron chi connectivity index (χ0n) is 22.8. The van der Waals surface area contributed by atoms with Crippen molar-refractivity contribution in [2.75, 3.05) is 6.54 Å². The number of aliphatic carboxylic acids is 2. The van der Waals surface area contributed by atoms with Gasteiger partial charge in [0.05, 0.1) is 6.04 Å². The van der Waals surface area contributed by atoms with Crippen molar-refractivity contribution in [3.8, 4) is 0 Å². The van der Waals surface area contributed by atoms with Gasteiger partial charge in [0, 0.05) is 29.9 Å². The normalized spacial score (nSPS) is 14.2. The van der Waals surface area contributed by atoms with Crippen LogP contribution in [0.4, 0.5) is 0 Å². The number of nitrogens with two attached hydrogens (primary N) is 2. The lowest BCUT2D eigenvalue weighted by Crippen LogP contribution is -2.57. The third-order valence-electron chi connectivity index (χ3n) is 6.59. The lowest BCUT2D eigenvalue weighted by molar-refractivity contribution is -0.142. The maximum Gasteiger partial charge on any atom is 0.326 e. The second-order valence-electron chi connectivity index (χ2n) is 10.1. The number of aromatic amines is 1. The van der Waals surface area contributed by atoms with E-state index in [-0.39, 0.29) is 25.2 Å². The molecule has 0 aliphatic carbocycles. The lowest BCUT2D eigenvalue weighted by Gasteiger charge is -2.25. The fourth-order valence-corrected chi connectivity index (χ4v) is 4.13. The van der Waals surface area contributed by atoms with Gasteiger partial charge in [0.1, 0.15) is 18.1 Å². The summed E-state index contributed by atoms with van der Waals surface area (Å²) in [5.41, 5.74) is 13.0. The molecule has 1 heterocycles. The van der Waals surface area contributed by atoms with E-state index in [2.05, 4.69) is 20.9 Å². The number of fused-ring (bicyclic) bond motifs is 1. The Morgan fingerprint density at radius 3 is 2.08 bits per heavy atom. The minimum absolute atomic E-state index is 0.00105. The summed E-state index contributed by atoms with van der Waals surface area (Å²) in [6.07, 6.45) is 2.21. The Kier molecular flexibility index (Phi) is 12.6. The van der Waals surface area contributed by atoms with Crippen molar-refractivity contribution in [2.24, 2.45) is 17.4 Å². The second-order valence-corrected chi connectivity index (χ2v) is 10.1. The van der Waals surface area contributed by atoms with E-state index >= 15 is 0 Å². The summed E-state index contributed by atoms with van der Waals surface area (Å²) < 4.78 is 0. The Bertz CT molecular complexity index is 1180. The first-order valence-electron chi connectivity index (χ1n) is 13.3. The molecule has 220 valence electrons. The Balaban J connectivity index is 2.20. The highest BCUT2D eigenvalue weighted by atomic mass is 16.4. The molecule has 4 unspecified atom stereocenters. The zero-order valence-corrected chi connectivity index (χ0v) is 22.8. The van der Waals surface area contributed by atoms with E-state index in [0.29, 0.717) is 24.9 Å².